The summed E-state index contributed by atoms with van der Waals surface area (Å²) >= 11 is 3.38. The zero-order chi connectivity index (χ0) is 15.1. The third kappa shape index (κ3) is 5.30. The Hall–Kier alpha value is -1.11. The largest absolute Gasteiger partial charge is 0.490 e. The zero-order valence-corrected chi connectivity index (χ0v) is 13.4. The van der Waals surface area contributed by atoms with Crippen LogP contribution in [0.3, 0.4) is 0 Å². The van der Waals surface area contributed by atoms with E-state index in [0.717, 1.165) is 30.4 Å². The van der Waals surface area contributed by atoms with Gasteiger partial charge in [0.25, 0.3) is 0 Å². The molecule has 1 aromatic carbocycles. The predicted molar refractivity (Wildman–Crippen MR) is 84.2 cm³/mol. The lowest BCUT2D eigenvalue weighted by Gasteiger charge is -2.22. The fourth-order valence-electron chi connectivity index (χ4n) is 2.25. The van der Waals surface area contributed by atoms with E-state index in [0.29, 0.717) is 5.75 Å². The van der Waals surface area contributed by atoms with Gasteiger partial charge >= 0.3 is 0 Å². The van der Waals surface area contributed by atoms with Gasteiger partial charge < -0.3 is 20.5 Å². The van der Waals surface area contributed by atoms with Crippen molar-refractivity contribution in [3.8, 4) is 5.75 Å². The lowest BCUT2D eigenvalue weighted by Crippen LogP contribution is -2.43. The number of nitrogens with one attached hydrogen (secondary N) is 2. The number of carbonyl (C=O) groups is 1. The summed E-state index contributed by atoms with van der Waals surface area (Å²) in [4.78, 5) is 11.9. The van der Waals surface area contributed by atoms with E-state index in [1.54, 1.807) is 0 Å². The number of amides is 1. The molecule has 6 heteroatoms. The highest BCUT2D eigenvalue weighted by molar-refractivity contribution is 9.10. The number of aliphatic hydroxyl groups excluding tert-OH is 1. The van der Waals surface area contributed by atoms with Gasteiger partial charge in [0.2, 0.25) is 5.91 Å². The van der Waals surface area contributed by atoms with Crippen LogP contribution in [0.15, 0.2) is 28.7 Å². The Labute approximate surface area is 133 Å². The molecule has 0 saturated carbocycles. The Morgan fingerprint density at radius 2 is 2.33 bits per heavy atom. The molecule has 1 aromatic rings. The van der Waals surface area contributed by atoms with E-state index in [1.807, 2.05) is 24.3 Å². The molecule has 0 aliphatic carbocycles. The average Bonchev–Trinajstić information content (AvgIpc) is 2.52. The monoisotopic (exact) mass is 356 g/mol. The minimum Gasteiger partial charge on any atom is -0.490 e. The van der Waals surface area contributed by atoms with E-state index < -0.39 is 6.10 Å². The van der Waals surface area contributed by atoms with Crippen LogP contribution in [0.5, 0.6) is 5.75 Å². The average molecular weight is 357 g/mol. The van der Waals surface area contributed by atoms with Gasteiger partial charge in [-0.1, -0.05) is 12.1 Å². The first-order valence-electron chi connectivity index (χ1n) is 7.20. The third-order valence-corrected chi connectivity index (χ3v) is 4.10. The van der Waals surface area contributed by atoms with Crippen LogP contribution in [-0.2, 0) is 4.79 Å². The summed E-state index contributed by atoms with van der Waals surface area (Å²) in [5.74, 6) is 0.691. The van der Waals surface area contributed by atoms with Crippen LogP contribution in [-0.4, -0.2) is 43.4 Å². The third-order valence-electron chi connectivity index (χ3n) is 3.45. The van der Waals surface area contributed by atoms with E-state index in [1.165, 1.54) is 0 Å². The van der Waals surface area contributed by atoms with E-state index in [9.17, 15) is 9.90 Å². The smallest absolute Gasteiger partial charge is 0.224 e. The molecule has 3 N–H and O–H groups in total. The first-order valence-corrected chi connectivity index (χ1v) is 8.00. The number of ether oxygens (including phenoxy) is 1. The second-order valence-electron chi connectivity index (χ2n) is 5.18. The molecule has 5 nitrogen and oxygen atoms in total. The molecule has 1 aliphatic heterocycles. The van der Waals surface area contributed by atoms with Crippen molar-refractivity contribution < 1.29 is 14.6 Å². The van der Waals surface area contributed by atoms with Crippen molar-refractivity contribution in [1.29, 1.82) is 0 Å². The summed E-state index contributed by atoms with van der Waals surface area (Å²) < 4.78 is 6.36. The maximum Gasteiger partial charge on any atom is 0.224 e. The van der Waals surface area contributed by atoms with Gasteiger partial charge in [0.15, 0.2) is 0 Å². The van der Waals surface area contributed by atoms with Crippen LogP contribution in [0, 0.1) is 5.92 Å². The summed E-state index contributed by atoms with van der Waals surface area (Å²) in [6.07, 6.45) is 1.20. The molecule has 2 atom stereocenters. The van der Waals surface area contributed by atoms with Crippen molar-refractivity contribution in [2.75, 3.05) is 26.2 Å². The number of halogens is 1. The van der Waals surface area contributed by atoms with E-state index in [4.69, 9.17) is 4.74 Å². The van der Waals surface area contributed by atoms with Crippen molar-refractivity contribution in [2.24, 2.45) is 5.92 Å². The summed E-state index contributed by atoms with van der Waals surface area (Å²) in [6.45, 7) is 2.05. The molecule has 1 aliphatic rings. The summed E-state index contributed by atoms with van der Waals surface area (Å²) in [6, 6.07) is 7.46. The molecule has 116 valence electrons. The molecule has 0 aromatic heterocycles. The van der Waals surface area contributed by atoms with E-state index in [-0.39, 0.29) is 25.0 Å². The van der Waals surface area contributed by atoms with Gasteiger partial charge in [-0.25, -0.2) is 0 Å². The molecule has 0 bridgehead atoms. The topological polar surface area (TPSA) is 70.6 Å². The first kappa shape index (κ1) is 16.3. The standard InChI is InChI=1S/C15H21BrN2O3/c16-13-5-1-2-6-14(13)21-10-12(19)9-18-15(20)11-4-3-7-17-8-11/h1-2,5-6,11-12,17,19H,3-4,7-10H2,(H,18,20)/t11-,12+/m1/s1. The highest BCUT2D eigenvalue weighted by atomic mass is 79.9. The Bertz CT molecular complexity index is 464. The number of carbonyl (C=O) groups excluding carboxylic acids is 1. The van der Waals surface area contributed by atoms with Gasteiger partial charge in [-0.3, -0.25) is 4.79 Å². The quantitative estimate of drug-likeness (QED) is 0.718. The lowest BCUT2D eigenvalue weighted by molar-refractivity contribution is -0.126. The first-order chi connectivity index (χ1) is 10.2. The lowest BCUT2D eigenvalue weighted by atomic mass is 9.99. The highest BCUT2D eigenvalue weighted by Gasteiger charge is 2.21. The SMILES string of the molecule is O=C(NC[C@H](O)COc1ccccc1Br)[C@@H]1CCCNC1. The van der Waals surface area contributed by atoms with Crippen LogP contribution in [0.4, 0.5) is 0 Å². The minimum absolute atomic E-state index is 0.00198. The van der Waals surface area contributed by atoms with Crippen molar-refractivity contribution >= 4 is 21.8 Å². The molecule has 1 fully saturated rings. The molecule has 0 unspecified atom stereocenters. The minimum atomic E-state index is -0.724. The number of benzene rings is 1. The van der Waals surface area contributed by atoms with E-state index >= 15 is 0 Å². The summed E-state index contributed by atoms with van der Waals surface area (Å²) in [5.41, 5.74) is 0. The highest BCUT2D eigenvalue weighted by Crippen LogP contribution is 2.23. The van der Waals surface area contributed by atoms with Crippen LogP contribution in [0.1, 0.15) is 12.8 Å². The predicted octanol–water partition coefficient (Wildman–Crippen LogP) is 1.30. The molecule has 1 amide bonds. The Balaban J connectivity index is 1.68. The summed E-state index contributed by atoms with van der Waals surface area (Å²) in [5, 5.41) is 15.9. The van der Waals surface area contributed by atoms with E-state index in [2.05, 4.69) is 26.6 Å². The number of hydrogen-bond acceptors (Lipinski definition) is 4. The molecule has 1 heterocycles. The second kappa shape index (κ2) is 8.36. The molecular formula is C15H21BrN2O3. The maximum atomic E-state index is 11.9. The fraction of sp³-hybridized carbons (Fsp3) is 0.533. The zero-order valence-electron chi connectivity index (χ0n) is 11.8. The Morgan fingerprint density at radius 3 is 3.05 bits per heavy atom. The molecular weight excluding hydrogens is 336 g/mol. The number of rotatable bonds is 6. The van der Waals surface area contributed by atoms with Crippen molar-refractivity contribution in [2.45, 2.75) is 18.9 Å². The van der Waals surface area contributed by atoms with Crippen LogP contribution in [0.25, 0.3) is 0 Å². The number of hydrogen-bond donors (Lipinski definition) is 3. The summed E-state index contributed by atoms with van der Waals surface area (Å²) in [7, 11) is 0. The van der Waals surface area contributed by atoms with Crippen LogP contribution < -0.4 is 15.4 Å². The van der Waals surface area contributed by atoms with Gasteiger partial charge in [0.05, 0.1) is 10.4 Å². The van der Waals surface area contributed by atoms with Gasteiger partial charge in [-0.15, -0.1) is 0 Å². The maximum absolute atomic E-state index is 11.9. The van der Waals surface area contributed by atoms with Crippen molar-refractivity contribution in [3.05, 3.63) is 28.7 Å². The van der Waals surface area contributed by atoms with Crippen LogP contribution >= 0.6 is 15.9 Å². The number of para-hydroxylation sites is 1. The van der Waals surface area contributed by atoms with Crippen molar-refractivity contribution in [1.82, 2.24) is 10.6 Å². The van der Waals surface area contributed by atoms with Gasteiger partial charge in [-0.2, -0.15) is 0 Å². The normalized spacial score (nSPS) is 19.8. The van der Waals surface area contributed by atoms with Crippen LogP contribution in [0.2, 0.25) is 0 Å². The van der Waals surface area contributed by atoms with Gasteiger partial charge in [0, 0.05) is 13.1 Å². The van der Waals surface area contributed by atoms with Gasteiger partial charge in [0.1, 0.15) is 18.5 Å². The number of piperidine rings is 1. The number of aliphatic hydroxyl groups is 1. The molecule has 0 radical (unpaired) electrons. The fourth-order valence-corrected chi connectivity index (χ4v) is 2.64. The molecule has 2 rings (SSSR count). The van der Waals surface area contributed by atoms with Crippen molar-refractivity contribution in [3.63, 3.8) is 0 Å². The molecule has 21 heavy (non-hydrogen) atoms. The second-order valence-corrected chi connectivity index (χ2v) is 6.04. The Morgan fingerprint density at radius 1 is 1.52 bits per heavy atom. The molecule has 1 saturated heterocycles. The Kier molecular flexibility index (Phi) is 6.48. The van der Waals surface area contributed by atoms with Gasteiger partial charge in [-0.05, 0) is 47.4 Å². The molecule has 0 spiro atoms.